The Morgan fingerprint density at radius 1 is 1.33 bits per heavy atom. The van der Waals surface area contributed by atoms with Crippen molar-refractivity contribution in [2.24, 2.45) is 5.92 Å². The van der Waals surface area contributed by atoms with Crippen LogP contribution in [0.15, 0.2) is 10.7 Å². The molecule has 3 amide bonds. The Balaban J connectivity index is 1.50. The first kappa shape index (κ1) is 16.5. The average molecular weight is 334 g/mol. The molecule has 0 aromatic carbocycles. The highest BCUT2D eigenvalue weighted by molar-refractivity contribution is 5.95. The quantitative estimate of drug-likeness (QED) is 0.767. The van der Waals surface area contributed by atoms with E-state index in [2.05, 4.69) is 15.6 Å². The lowest BCUT2D eigenvalue weighted by Gasteiger charge is -2.23. The second-order valence-corrected chi connectivity index (χ2v) is 6.32. The van der Waals surface area contributed by atoms with E-state index >= 15 is 0 Å². The van der Waals surface area contributed by atoms with Crippen molar-refractivity contribution in [3.05, 3.63) is 17.8 Å². The second kappa shape index (κ2) is 7.02. The van der Waals surface area contributed by atoms with Gasteiger partial charge in [-0.1, -0.05) is 0 Å². The molecule has 0 bridgehead atoms. The van der Waals surface area contributed by atoms with E-state index in [1.807, 2.05) is 0 Å². The zero-order chi connectivity index (χ0) is 17.1. The van der Waals surface area contributed by atoms with Gasteiger partial charge in [0.2, 0.25) is 11.8 Å². The SMILES string of the molecule is CNC(=O)[C@H]1CCCN1C(=O)CNC(=O)c1coc(CC2CC2)n1. The predicted octanol–water partition coefficient (Wildman–Crippen LogP) is 0.0939. The Labute approximate surface area is 140 Å². The number of hydrogen-bond donors (Lipinski definition) is 2. The van der Waals surface area contributed by atoms with Crippen molar-refractivity contribution in [2.75, 3.05) is 20.1 Å². The van der Waals surface area contributed by atoms with Crippen LogP contribution in [0.25, 0.3) is 0 Å². The topological polar surface area (TPSA) is 105 Å². The van der Waals surface area contributed by atoms with Crippen LogP contribution in [-0.2, 0) is 16.0 Å². The molecule has 1 aromatic heterocycles. The summed E-state index contributed by atoms with van der Waals surface area (Å²) in [5.41, 5.74) is 0.183. The summed E-state index contributed by atoms with van der Waals surface area (Å²) in [7, 11) is 1.55. The lowest BCUT2D eigenvalue weighted by molar-refractivity contribution is -0.137. The third kappa shape index (κ3) is 3.74. The molecule has 130 valence electrons. The van der Waals surface area contributed by atoms with Crippen molar-refractivity contribution in [1.82, 2.24) is 20.5 Å². The first-order chi connectivity index (χ1) is 11.6. The number of nitrogens with one attached hydrogen (secondary N) is 2. The smallest absolute Gasteiger partial charge is 0.273 e. The molecule has 2 aliphatic rings. The van der Waals surface area contributed by atoms with Crippen molar-refractivity contribution in [3.63, 3.8) is 0 Å². The van der Waals surface area contributed by atoms with E-state index in [0.717, 1.165) is 12.8 Å². The molecule has 1 saturated heterocycles. The van der Waals surface area contributed by atoms with Crippen LogP contribution in [0.5, 0.6) is 0 Å². The standard InChI is InChI=1S/C16H22N4O4/c1-17-16(23)12-3-2-6-20(12)14(21)8-18-15(22)11-9-24-13(19-11)7-10-4-5-10/h9-10,12H,2-8H2,1H3,(H,17,23)(H,18,22)/t12-/m1/s1. The minimum Gasteiger partial charge on any atom is -0.448 e. The Kier molecular flexibility index (Phi) is 4.82. The number of nitrogens with zero attached hydrogens (tertiary/aromatic N) is 2. The van der Waals surface area contributed by atoms with E-state index < -0.39 is 11.9 Å². The third-order valence-corrected chi connectivity index (χ3v) is 4.47. The Bertz CT molecular complexity index is 638. The fourth-order valence-corrected chi connectivity index (χ4v) is 2.93. The van der Waals surface area contributed by atoms with Gasteiger partial charge in [-0.05, 0) is 31.6 Å². The molecule has 3 rings (SSSR count). The maximum absolute atomic E-state index is 12.3. The van der Waals surface area contributed by atoms with Gasteiger partial charge in [0.25, 0.3) is 5.91 Å². The van der Waals surface area contributed by atoms with E-state index in [9.17, 15) is 14.4 Å². The van der Waals surface area contributed by atoms with Crippen molar-refractivity contribution in [2.45, 2.75) is 38.1 Å². The molecule has 0 radical (unpaired) electrons. The van der Waals surface area contributed by atoms with Gasteiger partial charge in [-0.3, -0.25) is 14.4 Å². The van der Waals surface area contributed by atoms with Gasteiger partial charge in [-0.2, -0.15) is 0 Å². The summed E-state index contributed by atoms with van der Waals surface area (Å²) < 4.78 is 5.29. The average Bonchev–Trinajstić information content (AvgIpc) is 3.07. The van der Waals surface area contributed by atoms with Gasteiger partial charge in [0.15, 0.2) is 11.6 Å². The Morgan fingerprint density at radius 3 is 2.83 bits per heavy atom. The first-order valence-corrected chi connectivity index (χ1v) is 8.32. The molecule has 2 N–H and O–H groups in total. The molecule has 24 heavy (non-hydrogen) atoms. The molecule has 2 heterocycles. The van der Waals surface area contributed by atoms with Crippen LogP contribution < -0.4 is 10.6 Å². The van der Waals surface area contributed by atoms with Gasteiger partial charge in [-0.15, -0.1) is 0 Å². The molecule has 0 unspecified atom stereocenters. The molecule has 1 aliphatic carbocycles. The van der Waals surface area contributed by atoms with E-state index in [1.54, 1.807) is 7.05 Å². The maximum atomic E-state index is 12.3. The maximum Gasteiger partial charge on any atom is 0.273 e. The number of amides is 3. The summed E-state index contributed by atoms with van der Waals surface area (Å²) in [6.07, 6.45) is 5.87. The summed E-state index contributed by atoms with van der Waals surface area (Å²) >= 11 is 0. The highest BCUT2D eigenvalue weighted by Crippen LogP contribution is 2.32. The van der Waals surface area contributed by atoms with E-state index in [4.69, 9.17) is 4.42 Å². The lowest BCUT2D eigenvalue weighted by Crippen LogP contribution is -2.48. The molecule has 2 fully saturated rings. The van der Waals surface area contributed by atoms with Gasteiger partial charge >= 0.3 is 0 Å². The molecule has 1 saturated carbocycles. The number of rotatable bonds is 6. The van der Waals surface area contributed by atoms with Crippen molar-refractivity contribution >= 4 is 17.7 Å². The van der Waals surface area contributed by atoms with E-state index in [0.29, 0.717) is 24.8 Å². The zero-order valence-corrected chi connectivity index (χ0v) is 13.7. The van der Waals surface area contributed by atoms with Crippen LogP contribution in [0.3, 0.4) is 0 Å². The predicted molar refractivity (Wildman–Crippen MR) is 84.1 cm³/mol. The zero-order valence-electron chi connectivity index (χ0n) is 13.7. The minimum absolute atomic E-state index is 0.156. The molecular formula is C16H22N4O4. The summed E-state index contributed by atoms with van der Waals surface area (Å²) in [5.74, 6) is 0.306. The molecule has 8 nitrogen and oxygen atoms in total. The highest BCUT2D eigenvalue weighted by Gasteiger charge is 2.33. The van der Waals surface area contributed by atoms with Crippen molar-refractivity contribution < 1.29 is 18.8 Å². The van der Waals surface area contributed by atoms with Crippen LogP contribution in [0.2, 0.25) is 0 Å². The summed E-state index contributed by atoms with van der Waals surface area (Å²) in [4.78, 5) is 41.8. The minimum atomic E-state index is -0.448. The van der Waals surface area contributed by atoms with Gasteiger partial charge < -0.3 is 20.0 Å². The number of likely N-dealkylation sites (tertiary alicyclic amines) is 1. The number of hydrogen-bond acceptors (Lipinski definition) is 5. The summed E-state index contributed by atoms with van der Waals surface area (Å²) in [6, 6.07) is -0.448. The van der Waals surface area contributed by atoms with Gasteiger partial charge in [0.1, 0.15) is 12.3 Å². The summed E-state index contributed by atoms with van der Waals surface area (Å²) in [5, 5.41) is 5.11. The van der Waals surface area contributed by atoms with Crippen LogP contribution in [0.4, 0.5) is 0 Å². The Morgan fingerprint density at radius 2 is 2.12 bits per heavy atom. The van der Waals surface area contributed by atoms with E-state index in [-0.39, 0.29) is 24.1 Å². The van der Waals surface area contributed by atoms with Crippen LogP contribution in [0.1, 0.15) is 42.1 Å². The number of likely N-dealkylation sites (N-methyl/N-ethyl adjacent to an activating group) is 1. The van der Waals surface area contributed by atoms with E-state index in [1.165, 1.54) is 24.0 Å². The highest BCUT2D eigenvalue weighted by atomic mass is 16.3. The van der Waals surface area contributed by atoms with Crippen molar-refractivity contribution in [3.8, 4) is 0 Å². The lowest BCUT2D eigenvalue weighted by atomic mass is 10.2. The summed E-state index contributed by atoms with van der Waals surface area (Å²) in [6.45, 7) is 0.374. The number of aromatic nitrogens is 1. The van der Waals surface area contributed by atoms with Crippen LogP contribution in [0, 0.1) is 5.92 Å². The number of carbonyl (C=O) groups is 3. The monoisotopic (exact) mass is 334 g/mol. The molecule has 1 atom stereocenters. The second-order valence-electron chi connectivity index (χ2n) is 6.32. The van der Waals surface area contributed by atoms with Crippen LogP contribution >= 0.6 is 0 Å². The number of oxazole rings is 1. The molecule has 1 aromatic rings. The Hall–Kier alpha value is -2.38. The largest absolute Gasteiger partial charge is 0.448 e. The normalized spacial score (nSPS) is 20.0. The molecular weight excluding hydrogens is 312 g/mol. The van der Waals surface area contributed by atoms with Gasteiger partial charge in [0.05, 0.1) is 6.54 Å². The molecule has 1 aliphatic heterocycles. The molecule has 0 spiro atoms. The third-order valence-electron chi connectivity index (χ3n) is 4.47. The van der Waals surface area contributed by atoms with Gasteiger partial charge in [0, 0.05) is 20.0 Å². The van der Waals surface area contributed by atoms with Crippen molar-refractivity contribution in [1.29, 1.82) is 0 Å². The molecule has 8 heteroatoms. The fourth-order valence-electron chi connectivity index (χ4n) is 2.93. The van der Waals surface area contributed by atoms with Crippen LogP contribution in [-0.4, -0.2) is 53.8 Å². The number of carbonyl (C=O) groups excluding carboxylic acids is 3. The fraction of sp³-hybridized carbons (Fsp3) is 0.625. The van der Waals surface area contributed by atoms with Gasteiger partial charge in [-0.25, -0.2) is 4.98 Å². The first-order valence-electron chi connectivity index (χ1n) is 8.32.